The number of hydrogen-bond donors (Lipinski definition) is 3. The number of nitrogens with one attached hydrogen (secondary N) is 1. The molecule has 2 atom stereocenters. The number of benzene rings is 2. The highest BCUT2D eigenvalue weighted by atomic mass is 16.5. The van der Waals surface area contributed by atoms with Gasteiger partial charge in [0.05, 0.1) is 44.2 Å². The van der Waals surface area contributed by atoms with Crippen molar-refractivity contribution < 1.29 is 19.4 Å². The first kappa shape index (κ1) is 33.2. The Morgan fingerprint density at radius 1 is 1.04 bits per heavy atom. The number of fused-ring (bicyclic) bond motifs is 1. The average molecular weight is 666 g/mol. The van der Waals surface area contributed by atoms with Gasteiger partial charge in [-0.1, -0.05) is 44.2 Å². The summed E-state index contributed by atoms with van der Waals surface area (Å²) in [5.41, 5.74) is 14.3. The summed E-state index contributed by atoms with van der Waals surface area (Å²) in [7, 11) is 1.84. The highest BCUT2D eigenvalue weighted by Crippen LogP contribution is 2.44. The summed E-state index contributed by atoms with van der Waals surface area (Å²) in [6, 6.07) is 17.4. The number of hydrogen-bond acceptors (Lipinski definition) is 9. The number of ether oxygens (including phenoxy) is 2. The fraction of sp³-hybridized carbons (Fsp3) is 0.447. The summed E-state index contributed by atoms with van der Waals surface area (Å²) in [6.07, 6.45) is 7.21. The second-order valence-corrected chi connectivity index (χ2v) is 14.3. The number of aliphatic hydroxyl groups excluding tert-OH is 1. The second-order valence-electron chi connectivity index (χ2n) is 14.3. The molecule has 4 N–H and O–H groups in total. The Kier molecular flexibility index (Phi) is 9.43. The number of rotatable bonds is 10. The number of anilines is 2. The predicted molar refractivity (Wildman–Crippen MR) is 190 cm³/mol. The van der Waals surface area contributed by atoms with Crippen molar-refractivity contribution in [2.45, 2.75) is 56.9 Å². The van der Waals surface area contributed by atoms with E-state index in [0.717, 1.165) is 55.7 Å². The lowest BCUT2D eigenvalue weighted by Crippen LogP contribution is -2.46. The van der Waals surface area contributed by atoms with Crippen molar-refractivity contribution in [3.05, 3.63) is 83.8 Å². The summed E-state index contributed by atoms with van der Waals surface area (Å²) in [5.74, 6) is -0.144. The van der Waals surface area contributed by atoms with Crippen molar-refractivity contribution in [2.24, 2.45) is 7.05 Å². The molecule has 0 aliphatic carbocycles. The number of likely N-dealkylation sites (tertiary alicyclic amines) is 1. The lowest BCUT2D eigenvalue weighted by Gasteiger charge is -2.38. The third-order valence-corrected chi connectivity index (χ3v) is 10.3. The molecule has 3 aliphatic heterocycles. The number of aromatic nitrogens is 3. The molecule has 0 spiro atoms. The summed E-state index contributed by atoms with van der Waals surface area (Å²) in [5, 5.41) is 16.6. The van der Waals surface area contributed by atoms with E-state index >= 15 is 0 Å². The fourth-order valence-corrected chi connectivity index (χ4v) is 7.49. The molecule has 2 aromatic carbocycles. The number of aliphatic hydroxyl groups is 1. The van der Waals surface area contributed by atoms with E-state index in [1.807, 2.05) is 13.2 Å². The van der Waals surface area contributed by atoms with E-state index in [0.29, 0.717) is 31.4 Å². The molecule has 4 aromatic rings. The molecular formula is C38H47N7O4. The monoisotopic (exact) mass is 665 g/mol. The lowest BCUT2D eigenvalue weighted by molar-refractivity contribution is 0.0218. The zero-order chi connectivity index (χ0) is 34.1. The SMILES string of the molecule is Cn1cc(-c2cnc(N)c(C(=O)N[C@H]3COC[C@@H]3OCc3ccc(-c4ccc5c(c4)C(C)(C)CN5C4CCN(CCO)CC4)cc3)c2)cn1. The standard InChI is InChI=1S/C38H47N7O4/c1-38(2)24-45(30-10-12-44(13-11-30)14-15-46)34-9-8-27(17-32(34)38)26-6-4-25(5-7-26)21-49-35-23-48-22-33(35)42-37(47)31-16-28(18-40-36(31)39)29-19-41-43(3)20-29/h4-9,16-20,30,33,35,46H,10-15,21-24H2,1-3H3,(H2,39,40)(H,42,47)/t33-,35-/m0/s1. The highest BCUT2D eigenvalue weighted by molar-refractivity contribution is 5.99. The van der Waals surface area contributed by atoms with Gasteiger partial charge in [0.25, 0.3) is 5.91 Å². The van der Waals surface area contributed by atoms with Gasteiger partial charge in [-0.05, 0) is 53.3 Å². The predicted octanol–water partition coefficient (Wildman–Crippen LogP) is 4.00. The van der Waals surface area contributed by atoms with Crippen LogP contribution < -0.4 is 16.0 Å². The van der Waals surface area contributed by atoms with E-state index in [4.69, 9.17) is 15.2 Å². The summed E-state index contributed by atoms with van der Waals surface area (Å²) >= 11 is 0. The van der Waals surface area contributed by atoms with Crippen molar-refractivity contribution in [1.29, 1.82) is 0 Å². The number of carbonyl (C=O) groups is 1. The van der Waals surface area contributed by atoms with E-state index < -0.39 is 0 Å². The van der Waals surface area contributed by atoms with Crippen LogP contribution in [-0.2, 0) is 28.5 Å². The minimum atomic E-state index is -0.312. The molecule has 7 rings (SSSR count). The molecule has 11 heteroatoms. The van der Waals surface area contributed by atoms with Crippen molar-refractivity contribution >= 4 is 17.4 Å². The number of nitrogen functional groups attached to an aromatic ring is 1. The molecule has 0 bridgehead atoms. The zero-order valence-electron chi connectivity index (χ0n) is 28.6. The smallest absolute Gasteiger partial charge is 0.255 e. The number of aryl methyl sites for hydroxylation is 1. The van der Waals surface area contributed by atoms with E-state index in [2.05, 4.69) is 81.5 Å². The molecule has 0 radical (unpaired) electrons. The van der Waals surface area contributed by atoms with Crippen LogP contribution in [-0.4, -0.2) is 94.9 Å². The lowest BCUT2D eigenvalue weighted by atomic mass is 9.85. The van der Waals surface area contributed by atoms with Gasteiger partial charge in [-0.3, -0.25) is 9.48 Å². The summed E-state index contributed by atoms with van der Waals surface area (Å²) in [6.45, 7) is 9.99. The van der Waals surface area contributed by atoms with Crippen molar-refractivity contribution in [3.8, 4) is 22.3 Å². The zero-order valence-corrected chi connectivity index (χ0v) is 28.6. The topological polar surface area (TPSA) is 131 Å². The van der Waals surface area contributed by atoms with E-state index in [1.165, 1.54) is 22.4 Å². The maximum absolute atomic E-state index is 13.3. The van der Waals surface area contributed by atoms with Gasteiger partial charge < -0.3 is 35.4 Å². The Labute approximate surface area is 288 Å². The van der Waals surface area contributed by atoms with Gasteiger partial charge in [-0.2, -0.15) is 5.10 Å². The van der Waals surface area contributed by atoms with Crippen LogP contribution in [0.2, 0.25) is 0 Å². The first-order valence-corrected chi connectivity index (χ1v) is 17.3. The number of β-amino-alcohol motifs (C(OH)–C–C–N with tert-alkyl or cyclic N) is 1. The molecule has 0 unspecified atom stereocenters. The normalized spacial score (nSPS) is 20.9. The Hall–Kier alpha value is -4.29. The molecule has 2 saturated heterocycles. The molecule has 11 nitrogen and oxygen atoms in total. The number of pyridine rings is 1. The molecule has 2 aromatic heterocycles. The summed E-state index contributed by atoms with van der Waals surface area (Å²) < 4.78 is 13.7. The third-order valence-electron chi connectivity index (χ3n) is 10.3. The number of nitrogens with zero attached hydrogens (tertiary/aromatic N) is 5. The van der Waals surface area contributed by atoms with Gasteiger partial charge in [-0.15, -0.1) is 0 Å². The molecule has 3 aliphatic rings. The number of amides is 1. The summed E-state index contributed by atoms with van der Waals surface area (Å²) in [4.78, 5) is 22.5. The maximum atomic E-state index is 13.3. The van der Waals surface area contributed by atoms with E-state index in [1.54, 1.807) is 23.1 Å². The van der Waals surface area contributed by atoms with Crippen molar-refractivity contribution in [3.63, 3.8) is 0 Å². The molecule has 49 heavy (non-hydrogen) atoms. The Morgan fingerprint density at radius 2 is 1.82 bits per heavy atom. The van der Waals surface area contributed by atoms with Gasteiger partial charge in [0.1, 0.15) is 11.9 Å². The van der Waals surface area contributed by atoms with Crippen molar-refractivity contribution in [2.75, 3.05) is 56.6 Å². The first-order valence-electron chi connectivity index (χ1n) is 17.3. The number of carbonyl (C=O) groups excluding carboxylic acids is 1. The number of piperidine rings is 1. The van der Waals surface area contributed by atoms with Gasteiger partial charge in [0, 0.05) is 73.9 Å². The van der Waals surface area contributed by atoms with Crippen LogP contribution in [0, 0.1) is 0 Å². The Balaban J connectivity index is 0.968. The van der Waals surface area contributed by atoms with Crippen LogP contribution in [0.1, 0.15) is 48.2 Å². The molecule has 5 heterocycles. The minimum absolute atomic E-state index is 0.0705. The van der Waals surface area contributed by atoms with Crippen LogP contribution in [0.5, 0.6) is 0 Å². The van der Waals surface area contributed by atoms with Gasteiger partial charge in [0.15, 0.2) is 0 Å². The van der Waals surface area contributed by atoms with E-state index in [9.17, 15) is 9.90 Å². The largest absolute Gasteiger partial charge is 0.395 e. The van der Waals surface area contributed by atoms with Crippen molar-refractivity contribution in [1.82, 2.24) is 25.0 Å². The second kappa shape index (κ2) is 13.9. The number of nitrogens with two attached hydrogens (primary N) is 1. The minimum Gasteiger partial charge on any atom is -0.395 e. The average Bonchev–Trinajstić information content (AvgIpc) is 3.81. The van der Waals surface area contributed by atoms with Gasteiger partial charge in [-0.25, -0.2) is 4.98 Å². The molecule has 0 saturated carbocycles. The molecule has 2 fully saturated rings. The fourth-order valence-electron chi connectivity index (χ4n) is 7.49. The van der Waals surface area contributed by atoms with Crippen LogP contribution >= 0.6 is 0 Å². The molecule has 1 amide bonds. The molecular weight excluding hydrogens is 618 g/mol. The quantitative estimate of drug-likeness (QED) is 0.230. The molecule has 258 valence electrons. The van der Waals surface area contributed by atoms with Crippen LogP contribution in [0.15, 0.2) is 67.1 Å². The van der Waals surface area contributed by atoms with Gasteiger partial charge in [0.2, 0.25) is 0 Å². The van der Waals surface area contributed by atoms with Crippen LogP contribution in [0.4, 0.5) is 11.5 Å². The maximum Gasteiger partial charge on any atom is 0.255 e. The first-order chi connectivity index (χ1) is 23.7. The Bertz CT molecular complexity index is 1780. The van der Waals surface area contributed by atoms with Gasteiger partial charge >= 0.3 is 0 Å². The van der Waals surface area contributed by atoms with Crippen LogP contribution in [0.25, 0.3) is 22.3 Å². The van der Waals surface area contributed by atoms with Crippen LogP contribution in [0.3, 0.4) is 0 Å². The highest BCUT2D eigenvalue weighted by Gasteiger charge is 2.39. The van der Waals surface area contributed by atoms with E-state index in [-0.39, 0.29) is 35.9 Å². The third kappa shape index (κ3) is 7.07. The Morgan fingerprint density at radius 3 is 2.55 bits per heavy atom.